The van der Waals surface area contributed by atoms with Gasteiger partial charge in [0.15, 0.2) is 0 Å². The van der Waals surface area contributed by atoms with Crippen LogP contribution in [0, 0.1) is 0 Å². The summed E-state index contributed by atoms with van der Waals surface area (Å²) in [4.78, 5) is 2.55. The van der Waals surface area contributed by atoms with Gasteiger partial charge in [-0.3, -0.25) is 4.90 Å². The first-order valence-corrected chi connectivity index (χ1v) is 4.43. The van der Waals surface area contributed by atoms with Crippen molar-refractivity contribution in [2.45, 2.75) is 18.9 Å². The summed E-state index contributed by atoms with van der Waals surface area (Å²) in [6, 6.07) is 0.791. The molecule has 0 unspecified atom stereocenters. The van der Waals surface area contributed by atoms with Gasteiger partial charge in [0.1, 0.15) is 0 Å². The summed E-state index contributed by atoms with van der Waals surface area (Å²) in [6.45, 7) is 4.12. The van der Waals surface area contributed by atoms with Crippen molar-refractivity contribution in [1.29, 1.82) is 0 Å². The van der Waals surface area contributed by atoms with Crippen LogP contribution in [0.1, 0.15) is 12.8 Å². The van der Waals surface area contributed by atoms with Gasteiger partial charge in [-0.2, -0.15) is 0 Å². The fraction of sp³-hybridized carbons (Fsp3) is 0.778. The first-order valence-electron chi connectivity index (χ1n) is 4.43. The molecule has 0 aromatic carbocycles. The van der Waals surface area contributed by atoms with Crippen LogP contribution in [0.25, 0.3) is 0 Å². The fourth-order valence-electron chi connectivity index (χ4n) is 1.84. The predicted molar refractivity (Wildman–Crippen MR) is 44.6 cm³/mol. The van der Waals surface area contributed by atoms with Crippen molar-refractivity contribution in [2.24, 2.45) is 0 Å². The maximum Gasteiger partial charge on any atom is 0.0594 e. The van der Waals surface area contributed by atoms with Crippen molar-refractivity contribution in [3.05, 3.63) is 12.2 Å². The number of hydrogen-bond donors (Lipinski definition) is 0. The van der Waals surface area contributed by atoms with E-state index in [9.17, 15) is 0 Å². The van der Waals surface area contributed by atoms with Gasteiger partial charge in [-0.25, -0.2) is 0 Å². The lowest BCUT2D eigenvalue weighted by Crippen LogP contribution is -2.42. The Balaban J connectivity index is 1.83. The molecule has 0 radical (unpaired) electrons. The first-order chi connectivity index (χ1) is 5.47. The van der Waals surface area contributed by atoms with Crippen LogP contribution in [0.15, 0.2) is 12.2 Å². The third-order valence-corrected chi connectivity index (χ3v) is 2.55. The molecule has 0 aromatic heterocycles. The smallest absolute Gasteiger partial charge is 0.0594 e. The Hall–Kier alpha value is -0.340. The predicted octanol–water partition coefficient (Wildman–Crippen LogP) is 1.04. The van der Waals surface area contributed by atoms with E-state index in [-0.39, 0.29) is 0 Å². The molecule has 1 aliphatic heterocycles. The lowest BCUT2D eigenvalue weighted by molar-refractivity contribution is 0.0192. The number of rotatable bonds is 1. The topological polar surface area (TPSA) is 12.5 Å². The van der Waals surface area contributed by atoms with E-state index in [1.54, 1.807) is 0 Å². The Labute approximate surface area is 67.8 Å². The van der Waals surface area contributed by atoms with Crippen molar-refractivity contribution in [1.82, 2.24) is 4.90 Å². The molecule has 2 nitrogen and oxygen atoms in total. The minimum Gasteiger partial charge on any atom is -0.379 e. The van der Waals surface area contributed by atoms with Crippen LogP contribution in [0.4, 0.5) is 0 Å². The summed E-state index contributed by atoms with van der Waals surface area (Å²) >= 11 is 0. The van der Waals surface area contributed by atoms with Gasteiger partial charge in [0, 0.05) is 19.1 Å². The summed E-state index contributed by atoms with van der Waals surface area (Å²) in [5.41, 5.74) is 0. The van der Waals surface area contributed by atoms with Crippen molar-refractivity contribution in [2.75, 3.05) is 26.3 Å². The SMILES string of the molecule is C1=CCC(N2CCOCC2)C1. The molecular formula is C9H15NO. The lowest BCUT2D eigenvalue weighted by atomic mass is 10.2. The van der Waals surface area contributed by atoms with Gasteiger partial charge in [0.2, 0.25) is 0 Å². The third-order valence-electron chi connectivity index (χ3n) is 2.55. The quantitative estimate of drug-likeness (QED) is 0.522. The molecule has 62 valence electrons. The molecule has 0 N–H and O–H groups in total. The number of morpholine rings is 1. The van der Waals surface area contributed by atoms with E-state index in [1.165, 1.54) is 12.8 Å². The van der Waals surface area contributed by atoms with E-state index in [0.717, 1.165) is 32.3 Å². The molecule has 0 aromatic rings. The Kier molecular flexibility index (Phi) is 2.24. The maximum absolute atomic E-state index is 5.30. The molecule has 1 saturated heterocycles. The Morgan fingerprint density at radius 1 is 1.09 bits per heavy atom. The number of nitrogens with zero attached hydrogens (tertiary/aromatic N) is 1. The monoisotopic (exact) mass is 153 g/mol. The highest BCUT2D eigenvalue weighted by Gasteiger charge is 2.20. The summed E-state index contributed by atoms with van der Waals surface area (Å²) in [5.74, 6) is 0. The highest BCUT2D eigenvalue weighted by Crippen LogP contribution is 2.17. The zero-order valence-corrected chi connectivity index (χ0v) is 6.83. The lowest BCUT2D eigenvalue weighted by Gasteiger charge is -2.31. The summed E-state index contributed by atoms with van der Waals surface area (Å²) in [6.07, 6.45) is 7.08. The number of ether oxygens (including phenoxy) is 1. The number of hydrogen-bond acceptors (Lipinski definition) is 2. The molecule has 0 amide bonds. The minimum atomic E-state index is 0.791. The van der Waals surface area contributed by atoms with Gasteiger partial charge in [0.05, 0.1) is 13.2 Å². The second kappa shape index (κ2) is 3.37. The zero-order valence-electron chi connectivity index (χ0n) is 6.83. The molecule has 0 spiro atoms. The van der Waals surface area contributed by atoms with E-state index in [4.69, 9.17) is 4.74 Å². The zero-order chi connectivity index (χ0) is 7.52. The van der Waals surface area contributed by atoms with Crippen LogP contribution in [0.3, 0.4) is 0 Å². The van der Waals surface area contributed by atoms with Gasteiger partial charge in [-0.1, -0.05) is 12.2 Å². The normalized spacial score (nSPS) is 28.0. The molecule has 1 heterocycles. The molecule has 1 fully saturated rings. The Morgan fingerprint density at radius 3 is 2.36 bits per heavy atom. The molecule has 0 atom stereocenters. The highest BCUT2D eigenvalue weighted by atomic mass is 16.5. The minimum absolute atomic E-state index is 0.791. The molecule has 11 heavy (non-hydrogen) atoms. The van der Waals surface area contributed by atoms with Crippen LogP contribution < -0.4 is 0 Å². The molecule has 2 aliphatic rings. The van der Waals surface area contributed by atoms with Gasteiger partial charge >= 0.3 is 0 Å². The molecule has 1 aliphatic carbocycles. The van der Waals surface area contributed by atoms with Crippen molar-refractivity contribution < 1.29 is 4.74 Å². The van der Waals surface area contributed by atoms with E-state index in [2.05, 4.69) is 17.1 Å². The van der Waals surface area contributed by atoms with Gasteiger partial charge in [0.25, 0.3) is 0 Å². The van der Waals surface area contributed by atoms with E-state index in [1.807, 2.05) is 0 Å². The molecular weight excluding hydrogens is 138 g/mol. The van der Waals surface area contributed by atoms with Crippen molar-refractivity contribution in [3.8, 4) is 0 Å². The fourth-order valence-corrected chi connectivity index (χ4v) is 1.84. The van der Waals surface area contributed by atoms with Gasteiger partial charge in [-0.05, 0) is 12.8 Å². The van der Waals surface area contributed by atoms with Crippen LogP contribution in [0.5, 0.6) is 0 Å². The van der Waals surface area contributed by atoms with Crippen molar-refractivity contribution >= 4 is 0 Å². The summed E-state index contributed by atoms with van der Waals surface area (Å²) < 4.78 is 5.30. The van der Waals surface area contributed by atoms with Crippen molar-refractivity contribution in [3.63, 3.8) is 0 Å². The van der Waals surface area contributed by atoms with Crippen LogP contribution >= 0.6 is 0 Å². The maximum atomic E-state index is 5.30. The van der Waals surface area contributed by atoms with Crippen LogP contribution in [-0.2, 0) is 4.74 Å². The summed E-state index contributed by atoms with van der Waals surface area (Å²) in [5, 5.41) is 0. The molecule has 2 heteroatoms. The standard InChI is InChI=1S/C9H15NO/c1-2-4-9(3-1)10-5-7-11-8-6-10/h1-2,9H,3-8H2. The average molecular weight is 153 g/mol. The van der Waals surface area contributed by atoms with E-state index >= 15 is 0 Å². The van der Waals surface area contributed by atoms with E-state index in [0.29, 0.717) is 0 Å². The second-order valence-electron chi connectivity index (χ2n) is 3.24. The third kappa shape index (κ3) is 1.63. The average Bonchev–Trinajstić information content (AvgIpc) is 2.58. The van der Waals surface area contributed by atoms with Gasteiger partial charge in [-0.15, -0.1) is 0 Å². The Bertz CT molecular complexity index is 142. The Morgan fingerprint density at radius 2 is 1.73 bits per heavy atom. The van der Waals surface area contributed by atoms with Crippen LogP contribution in [0.2, 0.25) is 0 Å². The van der Waals surface area contributed by atoms with Crippen LogP contribution in [-0.4, -0.2) is 37.2 Å². The molecule has 0 bridgehead atoms. The van der Waals surface area contributed by atoms with E-state index < -0.39 is 0 Å². The summed E-state index contributed by atoms with van der Waals surface area (Å²) in [7, 11) is 0. The second-order valence-corrected chi connectivity index (χ2v) is 3.24. The molecule has 2 rings (SSSR count). The largest absolute Gasteiger partial charge is 0.379 e. The first kappa shape index (κ1) is 7.32. The highest BCUT2D eigenvalue weighted by molar-refractivity contribution is 4.98. The van der Waals surface area contributed by atoms with Gasteiger partial charge < -0.3 is 4.74 Å². The molecule has 0 saturated carbocycles.